The third-order valence-electron chi connectivity index (χ3n) is 3.43. The maximum atomic E-state index is 10.1. The van der Waals surface area contributed by atoms with Gasteiger partial charge in [-0.2, -0.15) is 0 Å². The average molecular weight is 256 g/mol. The minimum atomic E-state index is -0.170. The molecular weight excluding hydrogens is 238 g/mol. The molecule has 1 aromatic rings. The predicted molar refractivity (Wildman–Crippen MR) is 68.3 cm³/mol. The van der Waals surface area contributed by atoms with Crippen LogP contribution in [-0.2, 0) is 4.74 Å². The minimum Gasteiger partial charge on any atom is -0.507 e. The lowest BCUT2D eigenvalue weighted by Crippen LogP contribution is -2.27. The number of nitrogens with two attached hydrogens (primary N) is 1. The van der Waals surface area contributed by atoms with Crippen molar-refractivity contribution in [2.45, 2.75) is 25.8 Å². The largest absolute Gasteiger partial charge is 0.507 e. The Balaban J connectivity index is 2.26. The second-order valence-electron chi connectivity index (χ2n) is 4.64. The van der Waals surface area contributed by atoms with Crippen LogP contribution in [0.15, 0.2) is 12.1 Å². The Labute approximate surface area is 107 Å². The molecule has 3 nitrogen and oxygen atoms in total. The van der Waals surface area contributed by atoms with Crippen LogP contribution in [0.5, 0.6) is 5.75 Å². The summed E-state index contributed by atoms with van der Waals surface area (Å²) in [5, 5.41) is 10.7. The van der Waals surface area contributed by atoms with Gasteiger partial charge < -0.3 is 15.6 Å². The van der Waals surface area contributed by atoms with Gasteiger partial charge in [0, 0.05) is 29.8 Å². The molecule has 4 heteroatoms. The Kier molecular flexibility index (Phi) is 3.92. The SMILES string of the molecule is Cc1cc(Cl)cc([C@@H](N)C2CCOCC2)c1O. The molecule has 0 radical (unpaired) electrons. The van der Waals surface area contributed by atoms with Crippen LogP contribution in [0.1, 0.15) is 30.0 Å². The number of ether oxygens (including phenoxy) is 1. The van der Waals surface area contributed by atoms with Gasteiger partial charge >= 0.3 is 0 Å². The van der Waals surface area contributed by atoms with Gasteiger partial charge in [-0.1, -0.05) is 11.6 Å². The van der Waals surface area contributed by atoms with Crippen LogP contribution in [-0.4, -0.2) is 18.3 Å². The maximum absolute atomic E-state index is 10.1. The first-order valence-electron chi connectivity index (χ1n) is 5.92. The number of phenols is 1. The van der Waals surface area contributed by atoms with Crippen LogP contribution in [0.3, 0.4) is 0 Å². The molecule has 0 aromatic heterocycles. The Morgan fingerprint density at radius 2 is 2.06 bits per heavy atom. The summed E-state index contributed by atoms with van der Waals surface area (Å²) in [7, 11) is 0. The highest BCUT2D eigenvalue weighted by molar-refractivity contribution is 6.30. The number of hydrogen-bond acceptors (Lipinski definition) is 3. The van der Waals surface area contributed by atoms with Crippen LogP contribution >= 0.6 is 11.6 Å². The minimum absolute atomic E-state index is 0.170. The molecule has 3 N–H and O–H groups in total. The van der Waals surface area contributed by atoms with E-state index in [1.165, 1.54) is 0 Å². The molecular formula is C13H18ClNO2. The molecule has 17 heavy (non-hydrogen) atoms. The summed E-state index contributed by atoms with van der Waals surface area (Å²) >= 11 is 6.01. The third-order valence-corrected chi connectivity index (χ3v) is 3.65. The van der Waals surface area contributed by atoms with E-state index in [-0.39, 0.29) is 11.8 Å². The summed E-state index contributed by atoms with van der Waals surface area (Å²) in [6.45, 7) is 3.33. The lowest BCUT2D eigenvalue weighted by atomic mass is 9.87. The van der Waals surface area contributed by atoms with Gasteiger partial charge in [0.2, 0.25) is 0 Å². The molecule has 1 fully saturated rings. The van der Waals surface area contributed by atoms with Crippen molar-refractivity contribution in [3.8, 4) is 5.75 Å². The molecule has 0 amide bonds. The molecule has 0 saturated carbocycles. The first kappa shape index (κ1) is 12.7. The quantitative estimate of drug-likeness (QED) is 0.854. The van der Waals surface area contributed by atoms with E-state index in [0.717, 1.165) is 37.2 Å². The Hall–Kier alpha value is -0.770. The fourth-order valence-electron chi connectivity index (χ4n) is 2.34. The van der Waals surface area contributed by atoms with Gasteiger partial charge in [-0.3, -0.25) is 0 Å². The fourth-order valence-corrected chi connectivity index (χ4v) is 2.63. The van der Waals surface area contributed by atoms with E-state index in [1.807, 2.05) is 6.92 Å². The maximum Gasteiger partial charge on any atom is 0.123 e. The molecule has 1 aliphatic heterocycles. The molecule has 0 spiro atoms. The zero-order chi connectivity index (χ0) is 12.4. The second kappa shape index (κ2) is 5.25. The van der Waals surface area contributed by atoms with Crippen LogP contribution < -0.4 is 5.73 Å². The second-order valence-corrected chi connectivity index (χ2v) is 5.07. The lowest BCUT2D eigenvalue weighted by Gasteiger charge is -2.28. The van der Waals surface area contributed by atoms with Crippen molar-refractivity contribution in [2.75, 3.05) is 13.2 Å². The Morgan fingerprint density at radius 1 is 1.41 bits per heavy atom. The summed E-state index contributed by atoms with van der Waals surface area (Å²) < 4.78 is 5.32. The number of hydrogen-bond donors (Lipinski definition) is 2. The normalized spacial score (nSPS) is 19.2. The zero-order valence-corrected chi connectivity index (χ0v) is 10.7. The number of aryl methyl sites for hydroxylation is 1. The van der Waals surface area contributed by atoms with Crippen molar-refractivity contribution in [3.63, 3.8) is 0 Å². The molecule has 94 valence electrons. The van der Waals surface area contributed by atoms with Gasteiger partial charge in [0.15, 0.2) is 0 Å². The van der Waals surface area contributed by atoms with E-state index in [9.17, 15) is 5.11 Å². The highest BCUT2D eigenvalue weighted by Crippen LogP contribution is 2.36. The fraction of sp³-hybridized carbons (Fsp3) is 0.538. The zero-order valence-electron chi connectivity index (χ0n) is 9.95. The highest BCUT2D eigenvalue weighted by Gasteiger charge is 2.25. The van der Waals surface area contributed by atoms with E-state index in [0.29, 0.717) is 10.9 Å². The monoisotopic (exact) mass is 255 g/mol. The number of rotatable bonds is 2. The van der Waals surface area contributed by atoms with Gasteiger partial charge in [0.1, 0.15) is 5.75 Å². The highest BCUT2D eigenvalue weighted by atomic mass is 35.5. The molecule has 1 aromatic carbocycles. The van der Waals surface area contributed by atoms with Gasteiger partial charge in [0.05, 0.1) is 0 Å². The Morgan fingerprint density at radius 3 is 2.71 bits per heavy atom. The molecule has 1 aliphatic rings. The molecule has 1 heterocycles. The topological polar surface area (TPSA) is 55.5 Å². The van der Waals surface area contributed by atoms with E-state index < -0.39 is 0 Å². The van der Waals surface area contributed by atoms with Gasteiger partial charge in [-0.05, 0) is 43.4 Å². The third kappa shape index (κ3) is 2.73. The van der Waals surface area contributed by atoms with Gasteiger partial charge in [-0.15, -0.1) is 0 Å². The van der Waals surface area contributed by atoms with Crippen molar-refractivity contribution in [2.24, 2.45) is 11.7 Å². The number of aromatic hydroxyl groups is 1. The average Bonchev–Trinajstić information content (AvgIpc) is 2.34. The molecule has 0 aliphatic carbocycles. The van der Waals surface area contributed by atoms with Crippen molar-refractivity contribution in [1.82, 2.24) is 0 Å². The van der Waals surface area contributed by atoms with Crippen LogP contribution in [0.4, 0.5) is 0 Å². The number of benzene rings is 1. The molecule has 0 bridgehead atoms. The van der Waals surface area contributed by atoms with Crippen LogP contribution in [0.25, 0.3) is 0 Å². The van der Waals surface area contributed by atoms with Crippen LogP contribution in [0.2, 0.25) is 5.02 Å². The van der Waals surface area contributed by atoms with E-state index in [4.69, 9.17) is 22.1 Å². The van der Waals surface area contributed by atoms with Crippen molar-refractivity contribution < 1.29 is 9.84 Å². The van der Waals surface area contributed by atoms with Crippen LogP contribution in [0, 0.1) is 12.8 Å². The summed E-state index contributed by atoms with van der Waals surface area (Å²) in [6.07, 6.45) is 1.87. The summed E-state index contributed by atoms with van der Waals surface area (Å²) in [6, 6.07) is 3.34. The first-order chi connectivity index (χ1) is 8.09. The standard InChI is InChI=1S/C13H18ClNO2/c1-8-6-10(14)7-11(13(8)16)12(15)9-2-4-17-5-3-9/h6-7,9,12,16H,2-5,15H2,1H3/t12-/m0/s1. The van der Waals surface area contributed by atoms with Crippen molar-refractivity contribution in [3.05, 3.63) is 28.3 Å². The summed E-state index contributed by atoms with van der Waals surface area (Å²) in [5.41, 5.74) is 7.76. The number of halogens is 1. The summed E-state index contributed by atoms with van der Waals surface area (Å²) in [5.74, 6) is 0.626. The number of phenolic OH excluding ortho intramolecular Hbond substituents is 1. The smallest absolute Gasteiger partial charge is 0.123 e. The first-order valence-corrected chi connectivity index (χ1v) is 6.29. The van der Waals surface area contributed by atoms with Gasteiger partial charge in [0.25, 0.3) is 0 Å². The summed E-state index contributed by atoms with van der Waals surface area (Å²) in [4.78, 5) is 0. The van der Waals surface area contributed by atoms with E-state index in [2.05, 4.69) is 0 Å². The molecule has 1 saturated heterocycles. The van der Waals surface area contributed by atoms with E-state index >= 15 is 0 Å². The van der Waals surface area contributed by atoms with Crippen molar-refractivity contribution in [1.29, 1.82) is 0 Å². The predicted octanol–water partition coefficient (Wildman–Crippen LogP) is 2.78. The van der Waals surface area contributed by atoms with Gasteiger partial charge in [-0.25, -0.2) is 0 Å². The van der Waals surface area contributed by atoms with Crippen molar-refractivity contribution >= 4 is 11.6 Å². The molecule has 0 unspecified atom stereocenters. The van der Waals surface area contributed by atoms with E-state index in [1.54, 1.807) is 12.1 Å². The Bertz CT molecular complexity index is 403. The lowest BCUT2D eigenvalue weighted by molar-refractivity contribution is 0.0581. The molecule has 2 rings (SSSR count). The molecule has 1 atom stereocenters.